The van der Waals surface area contributed by atoms with E-state index in [0.29, 0.717) is 35.8 Å². The van der Waals surface area contributed by atoms with E-state index in [1.807, 2.05) is 0 Å². The van der Waals surface area contributed by atoms with Gasteiger partial charge in [0.2, 0.25) is 0 Å². The molecule has 6 heteroatoms. The molecule has 3 nitrogen and oxygen atoms in total. The molecule has 1 radical (unpaired) electrons. The number of nitrogens with one attached hydrogen (secondary N) is 2. The third-order valence-electron chi connectivity index (χ3n) is 7.13. The van der Waals surface area contributed by atoms with Gasteiger partial charge in [-0.1, -0.05) is 90.8 Å². The number of nitrogens with zero attached hydrogens (tertiary/aromatic N) is 1. The van der Waals surface area contributed by atoms with E-state index in [4.69, 9.17) is 0 Å². The quantitative estimate of drug-likeness (QED) is 0.355. The van der Waals surface area contributed by atoms with Crippen molar-refractivity contribution in [1.82, 2.24) is 4.90 Å². The Bertz CT molecular complexity index is 867. The number of rotatable bonds is 12. The Balaban J connectivity index is 0. The van der Waals surface area contributed by atoms with Crippen LogP contribution in [0.3, 0.4) is 0 Å². The van der Waals surface area contributed by atoms with Crippen molar-refractivity contribution in [1.29, 1.82) is 0 Å². The van der Waals surface area contributed by atoms with Crippen molar-refractivity contribution in [3.63, 3.8) is 0 Å². The molecule has 39 heavy (non-hydrogen) atoms. The van der Waals surface area contributed by atoms with E-state index in [1.54, 1.807) is 0 Å². The summed E-state index contributed by atoms with van der Waals surface area (Å²) in [6.07, 6.45) is 0. The minimum atomic E-state index is 0. The molecule has 0 aliphatic carbocycles. The summed E-state index contributed by atoms with van der Waals surface area (Å²) in [6.45, 7) is 29.5. The van der Waals surface area contributed by atoms with Gasteiger partial charge in [-0.3, -0.25) is 0 Å². The minimum absolute atomic E-state index is 0. The smallest absolute Gasteiger partial charge is 1.00 e. The Morgan fingerprint density at radius 3 is 0.974 bits per heavy atom. The fraction of sp³-hybridized carbons (Fsp3) is 0.636. The Hall–Kier alpha value is -0.534. The van der Waals surface area contributed by atoms with E-state index in [9.17, 15) is 0 Å². The largest absolute Gasteiger partial charge is 2.00 e. The number of hydrogen-bond donors (Lipinski definition) is 2. The van der Waals surface area contributed by atoms with E-state index in [-0.39, 0.29) is 50.7 Å². The molecule has 0 amide bonds. The number of aryl methyl sites for hydroxylation is 2. The third-order valence-corrected chi connectivity index (χ3v) is 7.13. The standard InChI is InChI=1S/C33H55N3.2BrH.Co/c1-20(2)28-14-24(9)15-29(21(3)4)32(28)34-26(11)18-36(13)19-27(12)35-33-30(22(5)6)16-25(10)17-31(33)23(7)8;;;/h14-17,20-23,26-27,34-35H,18-19H2,1-13H3;2*1H;/q;;;+2/p-2. The van der Waals surface area contributed by atoms with Crippen molar-refractivity contribution in [2.45, 2.75) is 119 Å². The summed E-state index contributed by atoms with van der Waals surface area (Å²) in [6, 6.07) is 10.2. The second kappa shape index (κ2) is 18.1. The van der Waals surface area contributed by atoms with Crippen LogP contribution in [-0.4, -0.2) is 37.1 Å². The SMILES string of the molecule is Cc1cc(C(C)C)c(NC(C)CN(C)CC(C)Nc2c(C(C)C)cc(C)cc2C(C)C)c(C(C)C)c1.[Br-].[Br-].[Co+2]. The molecule has 0 bridgehead atoms. The van der Waals surface area contributed by atoms with Crippen LogP contribution in [0.25, 0.3) is 0 Å². The molecule has 0 aliphatic rings. The summed E-state index contributed by atoms with van der Waals surface area (Å²) in [4.78, 5) is 2.46. The summed E-state index contributed by atoms with van der Waals surface area (Å²) < 4.78 is 0. The number of hydrogen-bond acceptors (Lipinski definition) is 3. The topological polar surface area (TPSA) is 27.3 Å². The van der Waals surface area contributed by atoms with Gasteiger partial charge < -0.3 is 49.5 Å². The Kier molecular flexibility index (Phi) is 18.8. The van der Waals surface area contributed by atoms with Crippen LogP contribution in [0, 0.1) is 13.8 Å². The Morgan fingerprint density at radius 1 is 0.538 bits per heavy atom. The number of likely N-dealkylation sites (N-methyl/N-ethyl adjacent to an activating group) is 1. The van der Waals surface area contributed by atoms with Gasteiger partial charge >= 0.3 is 16.8 Å². The van der Waals surface area contributed by atoms with Crippen LogP contribution in [0.5, 0.6) is 0 Å². The zero-order chi connectivity index (χ0) is 27.3. The van der Waals surface area contributed by atoms with E-state index < -0.39 is 0 Å². The molecule has 0 heterocycles. The predicted molar refractivity (Wildman–Crippen MR) is 162 cm³/mol. The van der Waals surface area contributed by atoms with Crippen LogP contribution < -0.4 is 44.6 Å². The van der Waals surface area contributed by atoms with Crippen LogP contribution in [0.1, 0.15) is 126 Å². The minimum Gasteiger partial charge on any atom is -1.00 e. The van der Waals surface area contributed by atoms with Crippen LogP contribution in [-0.2, 0) is 16.8 Å². The second-order valence-corrected chi connectivity index (χ2v) is 12.6. The van der Waals surface area contributed by atoms with Gasteiger partial charge in [-0.15, -0.1) is 0 Å². The van der Waals surface area contributed by atoms with Gasteiger partial charge in [0.1, 0.15) is 0 Å². The first-order chi connectivity index (χ1) is 16.7. The Labute approximate surface area is 272 Å². The second-order valence-electron chi connectivity index (χ2n) is 12.6. The number of benzene rings is 2. The van der Waals surface area contributed by atoms with Crippen LogP contribution in [0.4, 0.5) is 11.4 Å². The molecule has 2 aromatic rings. The maximum Gasteiger partial charge on any atom is 2.00 e. The molecular weight excluding hydrogens is 657 g/mol. The molecule has 0 spiro atoms. The van der Waals surface area contributed by atoms with E-state index >= 15 is 0 Å². The van der Waals surface area contributed by atoms with Gasteiger partial charge in [0.15, 0.2) is 0 Å². The van der Waals surface area contributed by atoms with Crippen molar-refractivity contribution < 1.29 is 50.7 Å². The van der Waals surface area contributed by atoms with Gasteiger partial charge in [-0.25, -0.2) is 0 Å². The summed E-state index contributed by atoms with van der Waals surface area (Å²) in [5.41, 5.74) is 11.1. The van der Waals surface area contributed by atoms with Crippen LogP contribution in [0.15, 0.2) is 24.3 Å². The van der Waals surface area contributed by atoms with Crippen molar-refractivity contribution in [3.8, 4) is 0 Å². The van der Waals surface area contributed by atoms with Gasteiger partial charge in [-0.2, -0.15) is 0 Å². The van der Waals surface area contributed by atoms with E-state index in [2.05, 4.69) is 130 Å². The van der Waals surface area contributed by atoms with Crippen molar-refractivity contribution in [2.75, 3.05) is 30.8 Å². The molecule has 0 aromatic heterocycles. The summed E-state index contributed by atoms with van der Waals surface area (Å²) in [5.74, 6) is 2.00. The first-order valence-corrected chi connectivity index (χ1v) is 14.2. The van der Waals surface area contributed by atoms with Gasteiger partial charge in [-0.05, 0) is 80.7 Å². The van der Waals surface area contributed by atoms with E-state index in [0.717, 1.165) is 13.1 Å². The molecule has 2 N–H and O–H groups in total. The zero-order valence-electron chi connectivity index (χ0n) is 26.7. The molecule has 0 saturated carbocycles. The van der Waals surface area contributed by atoms with Crippen LogP contribution >= 0.6 is 0 Å². The summed E-state index contributed by atoms with van der Waals surface area (Å²) in [7, 11) is 2.25. The van der Waals surface area contributed by atoms with Gasteiger partial charge in [0.25, 0.3) is 0 Å². The monoisotopic (exact) mass is 710 g/mol. The Morgan fingerprint density at radius 2 is 0.769 bits per heavy atom. The normalized spacial score (nSPS) is 12.8. The molecule has 0 aliphatic heterocycles. The zero-order valence-corrected chi connectivity index (χ0v) is 30.9. The molecule has 2 unspecified atom stereocenters. The number of halogens is 2. The first-order valence-electron chi connectivity index (χ1n) is 14.2. The third kappa shape index (κ3) is 11.7. The van der Waals surface area contributed by atoms with Gasteiger partial charge in [0, 0.05) is 36.5 Å². The summed E-state index contributed by atoms with van der Waals surface area (Å²) >= 11 is 0. The van der Waals surface area contributed by atoms with Crippen LogP contribution in [0.2, 0.25) is 0 Å². The number of anilines is 2. The molecule has 2 aromatic carbocycles. The van der Waals surface area contributed by atoms with Gasteiger partial charge in [0.05, 0.1) is 0 Å². The summed E-state index contributed by atoms with van der Waals surface area (Å²) in [5, 5.41) is 7.83. The predicted octanol–water partition coefficient (Wildman–Crippen LogP) is 3.04. The first kappa shape index (κ1) is 40.6. The van der Waals surface area contributed by atoms with Crippen molar-refractivity contribution in [2.24, 2.45) is 0 Å². The average Bonchev–Trinajstić information content (AvgIpc) is 2.74. The molecule has 225 valence electrons. The average molecular weight is 713 g/mol. The fourth-order valence-electron chi connectivity index (χ4n) is 5.43. The maximum atomic E-state index is 3.92. The molecular formula is C33H55Br2CoN3. The molecule has 0 saturated heterocycles. The van der Waals surface area contributed by atoms with Crippen molar-refractivity contribution >= 4 is 11.4 Å². The molecule has 2 atom stereocenters. The molecule has 0 fully saturated rings. The maximum absolute atomic E-state index is 3.92. The van der Waals surface area contributed by atoms with E-state index in [1.165, 1.54) is 44.8 Å². The van der Waals surface area contributed by atoms with Crippen molar-refractivity contribution in [3.05, 3.63) is 57.6 Å². The molecule has 2 rings (SSSR count). The fourth-order valence-corrected chi connectivity index (χ4v) is 5.43.